The zero-order chi connectivity index (χ0) is 13.0. The van der Waals surface area contributed by atoms with Crippen molar-refractivity contribution in [3.05, 3.63) is 65.0 Å². The largest absolute Gasteiger partial charge is 0.256 e. The van der Waals surface area contributed by atoms with Crippen LogP contribution in [-0.4, -0.2) is 4.98 Å². The van der Waals surface area contributed by atoms with Crippen LogP contribution in [0.1, 0.15) is 22.4 Å². The minimum absolute atomic E-state index is 0.587. The van der Waals surface area contributed by atoms with Crippen LogP contribution >= 0.6 is 0 Å². The Kier molecular flexibility index (Phi) is 3.54. The number of rotatable bonds is 2. The van der Waals surface area contributed by atoms with Gasteiger partial charge < -0.3 is 0 Å². The van der Waals surface area contributed by atoms with Crippen molar-refractivity contribution >= 4 is 11.6 Å². The molecule has 2 aromatic rings. The lowest BCUT2D eigenvalue weighted by Gasteiger charge is -2.03. The first kappa shape index (κ1) is 12.1. The van der Waals surface area contributed by atoms with Gasteiger partial charge in [-0.15, -0.1) is 0 Å². The summed E-state index contributed by atoms with van der Waals surface area (Å²) in [5, 5.41) is 9.24. The molecule has 0 aliphatic carbocycles. The lowest BCUT2D eigenvalue weighted by atomic mass is 10.0. The van der Waals surface area contributed by atoms with Crippen LogP contribution < -0.4 is 0 Å². The van der Waals surface area contributed by atoms with Crippen LogP contribution in [0.3, 0.4) is 0 Å². The fourth-order valence-electron chi connectivity index (χ4n) is 1.76. The van der Waals surface area contributed by atoms with E-state index in [1.807, 2.05) is 38.1 Å². The van der Waals surface area contributed by atoms with E-state index in [4.69, 9.17) is 0 Å². The van der Waals surface area contributed by atoms with Crippen molar-refractivity contribution in [1.29, 1.82) is 5.26 Å². The lowest BCUT2D eigenvalue weighted by Crippen LogP contribution is -1.88. The van der Waals surface area contributed by atoms with Gasteiger partial charge in [0.2, 0.25) is 0 Å². The molecule has 0 N–H and O–H groups in total. The van der Waals surface area contributed by atoms with Crippen molar-refractivity contribution in [3.63, 3.8) is 0 Å². The van der Waals surface area contributed by atoms with Crippen LogP contribution in [0.25, 0.3) is 11.6 Å². The first-order valence-electron chi connectivity index (χ1n) is 5.81. The van der Waals surface area contributed by atoms with Crippen molar-refractivity contribution in [2.24, 2.45) is 0 Å². The second kappa shape index (κ2) is 5.29. The van der Waals surface area contributed by atoms with Gasteiger partial charge >= 0.3 is 0 Å². The molecule has 0 radical (unpaired) electrons. The fraction of sp³-hybridized carbons (Fsp3) is 0.125. The molecular weight excluding hydrogens is 220 g/mol. The first-order valence-corrected chi connectivity index (χ1v) is 5.81. The van der Waals surface area contributed by atoms with Gasteiger partial charge in [-0.2, -0.15) is 5.26 Å². The summed E-state index contributed by atoms with van der Waals surface area (Å²) in [7, 11) is 0. The molecule has 2 nitrogen and oxygen atoms in total. The molecule has 0 fully saturated rings. The second-order valence-electron chi connectivity index (χ2n) is 4.24. The highest BCUT2D eigenvalue weighted by Gasteiger charge is 2.03. The normalized spacial score (nSPS) is 11.1. The number of pyridine rings is 1. The van der Waals surface area contributed by atoms with E-state index in [9.17, 15) is 5.26 Å². The van der Waals surface area contributed by atoms with Crippen LogP contribution in [0.2, 0.25) is 0 Å². The Hall–Kier alpha value is -2.40. The minimum Gasteiger partial charge on any atom is -0.256 e. The number of aromatic nitrogens is 1. The summed E-state index contributed by atoms with van der Waals surface area (Å²) in [6.07, 6.45) is 3.59. The third-order valence-electron chi connectivity index (χ3n) is 2.80. The fourth-order valence-corrected chi connectivity index (χ4v) is 1.76. The smallest absolute Gasteiger partial charge is 0.101 e. The molecule has 0 bridgehead atoms. The topological polar surface area (TPSA) is 36.7 Å². The van der Waals surface area contributed by atoms with Gasteiger partial charge in [-0.3, -0.25) is 4.98 Å². The summed E-state index contributed by atoms with van der Waals surface area (Å²) in [6.45, 7) is 4.09. The predicted octanol–water partition coefficient (Wildman–Crippen LogP) is 3.76. The Balaban J connectivity index is 2.48. The van der Waals surface area contributed by atoms with E-state index in [0.29, 0.717) is 11.3 Å². The van der Waals surface area contributed by atoms with E-state index >= 15 is 0 Å². The standard InChI is InChI=1S/C16H14N2/c1-12-6-7-13(2)14(9-12)10-15(11-17)16-5-3-4-8-18-16/h3-10H,1-2H3/b15-10+. The molecule has 0 spiro atoms. The van der Waals surface area contributed by atoms with Gasteiger partial charge in [-0.25, -0.2) is 0 Å². The van der Waals surface area contributed by atoms with E-state index in [1.54, 1.807) is 6.20 Å². The molecule has 0 aliphatic heterocycles. The monoisotopic (exact) mass is 234 g/mol. The molecule has 0 saturated heterocycles. The van der Waals surface area contributed by atoms with Crippen LogP contribution in [0, 0.1) is 25.2 Å². The van der Waals surface area contributed by atoms with E-state index < -0.39 is 0 Å². The minimum atomic E-state index is 0.587. The molecule has 18 heavy (non-hydrogen) atoms. The van der Waals surface area contributed by atoms with Crippen LogP contribution in [0.5, 0.6) is 0 Å². The molecule has 2 heteroatoms. The Morgan fingerprint density at radius 1 is 1.22 bits per heavy atom. The van der Waals surface area contributed by atoms with E-state index in [1.165, 1.54) is 5.56 Å². The SMILES string of the molecule is Cc1ccc(C)c(/C=C(\C#N)c2ccccn2)c1. The van der Waals surface area contributed by atoms with Gasteiger partial charge in [0.25, 0.3) is 0 Å². The van der Waals surface area contributed by atoms with E-state index in [0.717, 1.165) is 11.1 Å². The van der Waals surface area contributed by atoms with Crippen LogP contribution in [0.4, 0.5) is 0 Å². The van der Waals surface area contributed by atoms with Crippen molar-refractivity contribution in [3.8, 4) is 6.07 Å². The van der Waals surface area contributed by atoms with E-state index in [2.05, 4.69) is 29.3 Å². The third-order valence-corrected chi connectivity index (χ3v) is 2.80. The van der Waals surface area contributed by atoms with Gasteiger partial charge in [0, 0.05) is 6.20 Å². The third kappa shape index (κ3) is 2.64. The highest BCUT2D eigenvalue weighted by molar-refractivity contribution is 5.88. The number of nitrogens with zero attached hydrogens (tertiary/aromatic N) is 2. The molecule has 2 rings (SSSR count). The number of benzene rings is 1. The molecular formula is C16H14N2. The molecule has 0 unspecified atom stereocenters. The summed E-state index contributed by atoms with van der Waals surface area (Å²) >= 11 is 0. The number of aryl methyl sites for hydroxylation is 2. The molecule has 1 aromatic carbocycles. The maximum absolute atomic E-state index is 9.24. The quantitative estimate of drug-likeness (QED) is 0.742. The van der Waals surface area contributed by atoms with Crippen molar-refractivity contribution in [2.45, 2.75) is 13.8 Å². The second-order valence-corrected chi connectivity index (χ2v) is 4.24. The van der Waals surface area contributed by atoms with E-state index in [-0.39, 0.29) is 0 Å². The average Bonchev–Trinajstić information content (AvgIpc) is 2.41. The van der Waals surface area contributed by atoms with Gasteiger partial charge in [0.05, 0.1) is 11.3 Å². The summed E-state index contributed by atoms with van der Waals surface area (Å²) in [5.41, 5.74) is 4.71. The zero-order valence-electron chi connectivity index (χ0n) is 10.5. The number of allylic oxidation sites excluding steroid dienone is 1. The summed E-state index contributed by atoms with van der Waals surface area (Å²) in [6, 6.07) is 14.0. The van der Waals surface area contributed by atoms with Crippen molar-refractivity contribution in [1.82, 2.24) is 4.98 Å². The summed E-state index contributed by atoms with van der Waals surface area (Å²) in [5.74, 6) is 0. The number of nitriles is 1. The van der Waals surface area contributed by atoms with Crippen LogP contribution in [0.15, 0.2) is 42.6 Å². The lowest BCUT2D eigenvalue weighted by molar-refractivity contribution is 1.28. The average molecular weight is 234 g/mol. The van der Waals surface area contributed by atoms with Crippen LogP contribution in [-0.2, 0) is 0 Å². The van der Waals surface area contributed by atoms with Crippen molar-refractivity contribution < 1.29 is 0 Å². The maximum Gasteiger partial charge on any atom is 0.101 e. The Morgan fingerprint density at radius 3 is 2.72 bits per heavy atom. The molecule has 0 amide bonds. The Labute approximate surface area is 107 Å². The molecule has 0 saturated carbocycles. The van der Waals surface area contributed by atoms with Gasteiger partial charge in [0.15, 0.2) is 0 Å². The molecule has 88 valence electrons. The predicted molar refractivity (Wildman–Crippen MR) is 73.6 cm³/mol. The summed E-state index contributed by atoms with van der Waals surface area (Å²) in [4.78, 5) is 4.21. The Bertz CT molecular complexity index is 619. The maximum atomic E-state index is 9.24. The van der Waals surface area contributed by atoms with Gasteiger partial charge in [0.1, 0.15) is 6.07 Å². The molecule has 0 atom stereocenters. The van der Waals surface area contributed by atoms with Gasteiger partial charge in [-0.1, -0.05) is 29.8 Å². The molecule has 1 heterocycles. The van der Waals surface area contributed by atoms with Gasteiger partial charge in [-0.05, 0) is 43.2 Å². The Morgan fingerprint density at radius 2 is 2.06 bits per heavy atom. The van der Waals surface area contributed by atoms with Crippen molar-refractivity contribution in [2.75, 3.05) is 0 Å². The highest BCUT2D eigenvalue weighted by Crippen LogP contribution is 2.19. The summed E-state index contributed by atoms with van der Waals surface area (Å²) < 4.78 is 0. The zero-order valence-corrected chi connectivity index (χ0v) is 10.5. The number of hydrogen-bond acceptors (Lipinski definition) is 2. The first-order chi connectivity index (χ1) is 8.70. The molecule has 1 aromatic heterocycles. The molecule has 0 aliphatic rings. The number of hydrogen-bond donors (Lipinski definition) is 0. The highest BCUT2D eigenvalue weighted by atomic mass is 14.7.